The van der Waals surface area contributed by atoms with Gasteiger partial charge in [0.15, 0.2) is 5.82 Å². The zero-order valence-corrected chi connectivity index (χ0v) is 10.7. The summed E-state index contributed by atoms with van der Waals surface area (Å²) in [7, 11) is 0. The fourth-order valence-electron chi connectivity index (χ4n) is 1.78. The Labute approximate surface area is 113 Å². The first-order chi connectivity index (χ1) is 9.25. The first kappa shape index (κ1) is 11.8. The fourth-order valence-corrected chi connectivity index (χ4v) is 2.60. The van der Waals surface area contributed by atoms with Crippen LogP contribution < -0.4 is 5.73 Å². The lowest BCUT2D eigenvalue weighted by atomic mass is 10.1. The van der Waals surface area contributed by atoms with Gasteiger partial charge in [-0.05, 0) is 18.2 Å². The molecule has 0 radical (unpaired) electrons. The van der Waals surface area contributed by atoms with E-state index in [1.54, 1.807) is 12.3 Å². The predicted molar refractivity (Wildman–Crippen MR) is 75.2 cm³/mol. The van der Waals surface area contributed by atoms with Crippen LogP contribution in [0.3, 0.4) is 0 Å². The number of hydrogen-bond acceptors (Lipinski definition) is 4. The molecule has 19 heavy (non-hydrogen) atoms. The van der Waals surface area contributed by atoms with Gasteiger partial charge in [-0.25, -0.2) is 9.37 Å². The Hall–Kier alpha value is -2.27. The second-order valence-corrected chi connectivity index (χ2v) is 4.82. The molecule has 0 aliphatic carbocycles. The minimum absolute atomic E-state index is 0.272. The topological polar surface area (TPSA) is 51.8 Å². The number of anilines is 1. The Balaban J connectivity index is 2.06. The summed E-state index contributed by atoms with van der Waals surface area (Å²) in [6.45, 7) is 0. The Bertz CT molecular complexity index is 664. The largest absolute Gasteiger partial charge is 0.398 e. The summed E-state index contributed by atoms with van der Waals surface area (Å²) in [5, 5.41) is 2.41. The van der Waals surface area contributed by atoms with Crippen molar-refractivity contribution in [3.63, 3.8) is 0 Å². The Kier molecular flexibility index (Phi) is 2.97. The van der Waals surface area contributed by atoms with Gasteiger partial charge in [0.05, 0.1) is 5.69 Å². The maximum absolute atomic E-state index is 13.6. The van der Waals surface area contributed by atoms with E-state index in [0.29, 0.717) is 10.7 Å². The molecule has 0 atom stereocenters. The molecule has 0 bridgehead atoms. The lowest BCUT2D eigenvalue weighted by Crippen LogP contribution is -1.90. The molecule has 3 rings (SSSR count). The highest BCUT2D eigenvalue weighted by Crippen LogP contribution is 2.31. The van der Waals surface area contributed by atoms with Crippen molar-refractivity contribution >= 4 is 17.0 Å². The quantitative estimate of drug-likeness (QED) is 0.725. The molecule has 3 aromatic rings. The minimum Gasteiger partial charge on any atom is -0.398 e. The number of nitrogens with zero attached hydrogens (tertiary/aromatic N) is 2. The molecule has 94 valence electrons. The van der Waals surface area contributed by atoms with E-state index in [0.717, 1.165) is 11.3 Å². The minimum atomic E-state index is -0.371. The predicted octanol–water partition coefficient (Wildman–Crippen LogP) is 3.59. The number of benzene rings is 1. The average Bonchev–Trinajstić information content (AvgIpc) is 2.89. The number of pyridine rings is 1. The van der Waals surface area contributed by atoms with E-state index in [4.69, 9.17) is 5.73 Å². The number of rotatable bonds is 2. The number of nitrogens with two attached hydrogens (primary N) is 1. The van der Waals surface area contributed by atoms with E-state index in [1.165, 1.54) is 17.4 Å². The molecule has 0 amide bonds. The lowest BCUT2D eigenvalue weighted by molar-refractivity contribution is 0.625. The molecule has 1 aromatic carbocycles. The molecule has 3 nitrogen and oxygen atoms in total. The molecule has 0 aliphatic heterocycles. The Morgan fingerprint density at radius 2 is 1.95 bits per heavy atom. The number of thiazole rings is 1. The zero-order chi connectivity index (χ0) is 13.2. The normalized spacial score (nSPS) is 10.6. The highest BCUT2D eigenvalue weighted by atomic mass is 32.1. The third kappa shape index (κ3) is 2.20. The molecule has 0 spiro atoms. The van der Waals surface area contributed by atoms with Gasteiger partial charge in [-0.15, -0.1) is 11.3 Å². The second-order valence-electron chi connectivity index (χ2n) is 3.96. The van der Waals surface area contributed by atoms with Gasteiger partial charge in [0.1, 0.15) is 10.7 Å². The van der Waals surface area contributed by atoms with Crippen molar-refractivity contribution in [3.05, 3.63) is 53.8 Å². The third-order valence-corrected chi connectivity index (χ3v) is 3.55. The molecule has 0 unspecified atom stereocenters. The van der Waals surface area contributed by atoms with Gasteiger partial charge < -0.3 is 5.73 Å². The van der Waals surface area contributed by atoms with Crippen LogP contribution in [0.25, 0.3) is 22.0 Å². The monoisotopic (exact) mass is 271 g/mol. The summed E-state index contributed by atoms with van der Waals surface area (Å²) < 4.78 is 13.6. The van der Waals surface area contributed by atoms with Crippen LogP contribution in [0.2, 0.25) is 0 Å². The van der Waals surface area contributed by atoms with Crippen LogP contribution in [0, 0.1) is 5.82 Å². The van der Waals surface area contributed by atoms with Gasteiger partial charge >= 0.3 is 0 Å². The van der Waals surface area contributed by atoms with Gasteiger partial charge in [0.25, 0.3) is 0 Å². The molecule has 0 saturated carbocycles. The van der Waals surface area contributed by atoms with Crippen molar-refractivity contribution in [1.82, 2.24) is 9.97 Å². The van der Waals surface area contributed by atoms with E-state index in [9.17, 15) is 4.39 Å². The summed E-state index contributed by atoms with van der Waals surface area (Å²) in [4.78, 5) is 8.43. The van der Waals surface area contributed by atoms with Gasteiger partial charge in [0.2, 0.25) is 0 Å². The Morgan fingerprint density at radius 3 is 2.74 bits per heavy atom. The van der Waals surface area contributed by atoms with E-state index in [-0.39, 0.29) is 11.5 Å². The van der Waals surface area contributed by atoms with E-state index in [1.807, 2.05) is 29.6 Å². The van der Waals surface area contributed by atoms with Crippen LogP contribution in [0.4, 0.5) is 10.1 Å². The number of halogens is 1. The fraction of sp³-hybridized carbons (Fsp3) is 0. The van der Waals surface area contributed by atoms with Crippen LogP contribution in [-0.2, 0) is 0 Å². The van der Waals surface area contributed by atoms with E-state index in [2.05, 4.69) is 9.97 Å². The molecule has 2 heterocycles. The average molecular weight is 271 g/mol. The number of para-hydroxylation sites is 1. The summed E-state index contributed by atoms with van der Waals surface area (Å²) >= 11 is 1.35. The number of hydrogen-bond donors (Lipinski definition) is 1. The second kappa shape index (κ2) is 4.78. The molecular weight excluding hydrogens is 261 g/mol. The van der Waals surface area contributed by atoms with Gasteiger partial charge in [-0.3, -0.25) is 4.98 Å². The lowest BCUT2D eigenvalue weighted by Gasteiger charge is -2.01. The van der Waals surface area contributed by atoms with Crippen LogP contribution in [0.5, 0.6) is 0 Å². The summed E-state index contributed by atoms with van der Waals surface area (Å²) in [5.41, 5.74) is 8.42. The number of aromatic nitrogens is 2. The SMILES string of the molecule is Nc1ccccc1-c1csc(-c2ncccc2F)n1. The van der Waals surface area contributed by atoms with Crippen molar-refractivity contribution in [1.29, 1.82) is 0 Å². The summed E-state index contributed by atoms with van der Waals surface area (Å²) in [6, 6.07) is 10.4. The first-order valence-electron chi connectivity index (χ1n) is 5.67. The molecule has 2 N–H and O–H groups in total. The van der Waals surface area contributed by atoms with Gasteiger partial charge in [0, 0.05) is 22.8 Å². The maximum Gasteiger partial charge on any atom is 0.151 e. The smallest absolute Gasteiger partial charge is 0.151 e. The standard InChI is InChI=1S/C14H10FN3S/c15-10-5-3-7-17-13(10)14-18-12(8-19-14)9-4-1-2-6-11(9)16/h1-8H,16H2. The van der Waals surface area contributed by atoms with Crippen molar-refractivity contribution in [3.8, 4) is 22.0 Å². The van der Waals surface area contributed by atoms with E-state index < -0.39 is 0 Å². The molecule has 0 fully saturated rings. The third-order valence-electron chi connectivity index (χ3n) is 2.70. The van der Waals surface area contributed by atoms with Gasteiger partial charge in [-0.1, -0.05) is 18.2 Å². The van der Waals surface area contributed by atoms with Crippen molar-refractivity contribution in [2.24, 2.45) is 0 Å². The molecule has 2 aromatic heterocycles. The van der Waals surface area contributed by atoms with Crippen molar-refractivity contribution < 1.29 is 4.39 Å². The molecular formula is C14H10FN3S. The van der Waals surface area contributed by atoms with Crippen molar-refractivity contribution in [2.75, 3.05) is 5.73 Å². The maximum atomic E-state index is 13.6. The van der Waals surface area contributed by atoms with Crippen LogP contribution >= 0.6 is 11.3 Å². The molecule has 0 aliphatic rings. The summed E-state index contributed by atoms with van der Waals surface area (Å²) in [5.74, 6) is -0.371. The molecule has 5 heteroatoms. The first-order valence-corrected chi connectivity index (χ1v) is 6.55. The van der Waals surface area contributed by atoms with Gasteiger partial charge in [-0.2, -0.15) is 0 Å². The number of nitrogen functional groups attached to an aromatic ring is 1. The Morgan fingerprint density at radius 1 is 1.11 bits per heavy atom. The zero-order valence-electron chi connectivity index (χ0n) is 9.88. The molecule has 0 saturated heterocycles. The highest BCUT2D eigenvalue weighted by molar-refractivity contribution is 7.13. The van der Waals surface area contributed by atoms with Crippen molar-refractivity contribution in [2.45, 2.75) is 0 Å². The van der Waals surface area contributed by atoms with E-state index >= 15 is 0 Å². The van der Waals surface area contributed by atoms with Crippen LogP contribution in [0.1, 0.15) is 0 Å². The highest BCUT2D eigenvalue weighted by Gasteiger charge is 2.12. The van der Waals surface area contributed by atoms with Crippen LogP contribution in [-0.4, -0.2) is 9.97 Å². The van der Waals surface area contributed by atoms with Crippen LogP contribution in [0.15, 0.2) is 48.0 Å². The summed E-state index contributed by atoms with van der Waals surface area (Å²) in [6.07, 6.45) is 1.55.